The first kappa shape index (κ1) is 18.9. The van der Waals surface area contributed by atoms with Gasteiger partial charge in [-0.05, 0) is 53.7 Å². The molecule has 0 aliphatic carbocycles. The van der Waals surface area contributed by atoms with E-state index < -0.39 is 0 Å². The highest BCUT2D eigenvalue weighted by molar-refractivity contribution is 5.76. The van der Waals surface area contributed by atoms with E-state index in [0.29, 0.717) is 24.5 Å². The Balaban J connectivity index is 1.32. The molecule has 2 aromatic carbocycles. The van der Waals surface area contributed by atoms with Crippen LogP contribution in [0.3, 0.4) is 0 Å². The van der Waals surface area contributed by atoms with Crippen molar-refractivity contribution >= 4 is 11.6 Å². The third kappa shape index (κ3) is 4.34. The van der Waals surface area contributed by atoms with Crippen LogP contribution in [0.4, 0.5) is 10.1 Å². The Hall–Kier alpha value is -3.49. The van der Waals surface area contributed by atoms with Crippen molar-refractivity contribution < 1.29 is 13.9 Å². The Kier molecular flexibility index (Phi) is 5.37. The van der Waals surface area contributed by atoms with E-state index in [1.807, 2.05) is 24.3 Å². The van der Waals surface area contributed by atoms with Crippen molar-refractivity contribution in [3.63, 3.8) is 0 Å². The molecule has 2 heterocycles. The Bertz CT molecular complexity index is 965. The van der Waals surface area contributed by atoms with E-state index >= 15 is 0 Å². The quantitative estimate of drug-likeness (QED) is 0.655. The molecule has 0 atom stereocenters. The first-order chi connectivity index (χ1) is 14.1. The predicted octanol–water partition coefficient (Wildman–Crippen LogP) is 1.84. The lowest BCUT2D eigenvalue weighted by Gasteiger charge is -2.36. The third-order valence-electron chi connectivity index (χ3n) is 4.90. The van der Waals surface area contributed by atoms with Gasteiger partial charge in [0.15, 0.2) is 0 Å². The Morgan fingerprint density at radius 1 is 1.03 bits per heavy atom. The summed E-state index contributed by atoms with van der Waals surface area (Å²) >= 11 is 0. The fourth-order valence-corrected chi connectivity index (χ4v) is 3.25. The number of ether oxygens (including phenoxy) is 1. The molecule has 1 aliphatic heterocycles. The topological polar surface area (TPSA) is 76.4 Å². The van der Waals surface area contributed by atoms with Gasteiger partial charge in [-0.1, -0.05) is 0 Å². The second kappa shape index (κ2) is 8.26. The fraction of sp³-hybridized carbons (Fsp3) is 0.300. The summed E-state index contributed by atoms with van der Waals surface area (Å²) in [5.74, 6) is 0.803. The molecule has 4 rings (SSSR count). The number of hydrogen-bond acceptors (Lipinski definition) is 6. The third-order valence-corrected chi connectivity index (χ3v) is 4.90. The molecule has 8 nitrogen and oxygen atoms in total. The summed E-state index contributed by atoms with van der Waals surface area (Å²) in [6, 6.07) is 13.7. The van der Waals surface area contributed by atoms with Gasteiger partial charge in [0.05, 0.1) is 7.11 Å². The van der Waals surface area contributed by atoms with Gasteiger partial charge in [0, 0.05) is 37.4 Å². The van der Waals surface area contributed by atoms with Crippen LogP contribution in [0.15, 0.2) is 48.5 Å². The van der Waals surface area contributed by atoms with Gasteiger partial charge in [-0.15, -0.1) is 10.2 Å². The minimum Gasteiger partial charge on any atom is -0.497 e. The van der Waals surface area contributed by atoms with Crippen molar-refractivity contribution in [2.45, 2.75) is 6.54 Å². The molecule has 0 unspecified atom stereocenters. The zero-order chi connectivity index (χ0) is 20.2. The van der Waals surface area contributed by atoms with Gasteiger partial charge in [-0.2, -0.15) is 4.80 Å². The molecule has 0 N–H and O–H groups in total. The van der Waals surface area contributed by atoms with Crippen LogP contribution in [0, 0.1) is 5.82 Å². The molecule has 0 radical (unpaired) electrons. The molecule has 150 valence electrons. The second-order valence-corrected chi connectivity index (χ2v) is 6.72. The van der Waals surface area contributed by atoms with Crippen LogP contribution in [-0.2, 0) is 11.3 Å². The van der Waals surface area contributed by atoms with Gasteiger partial charge < -0.3 is 14.5 Å². The van der Waals surface area contributed by atoms with Crippen molar-refractivity contribution in [3.05, 3.63) is 54.3 Å². The second-order valence-electron chi connectivity index (χ2n) is 6.72. The maximum Gasteiger partial charge on any atom is 0.246 e. The monoisotopic (exact) mass is 396 g/mol. The van der Waals surface area contributed by atoms with E-state index in [0.717, 1.165) is 24.5 Å². The molecule has 1 saturated heterocycles. The summed E-state index contributed by atoms with van der Waals surface area (Å²) in [4.78, 5) is 17.9. The predicted molar refractivity (Wildman–Crippen MR) is 105 cm³/mol. The zero-order valence-electron chi connectivity index (χ0n) is 16.0. The number of hydrogen-bond donors (Lipinski definition) is 0. The van der Waals surface area contributed by atoms with Crippen molar-refractivity contribution in [2.24, 2.45) is 0 Å². The SMILES string of the molecule is COc1ccc(N2CCN(C(=O)Cn3nnc(-c4ccc(F)cc4)n3)CC2)cc1. The number of nitrogens with zero attached hydrogens (tertiary/aromatic N) is 6. The molecule has 1 amide bonds. The highest BCUT2D eigenvalue weighted by Gasteiger charge is 2.22. The number of methoxy groups -OCH3 is 1. The van der Waals surface area contributed by atoms with Crippen LogP contribution in [0.25, 0.3) is 11.4 Å². The molecule has 1 aliphatic rings. The summed E-state index contributed by atoms with van der Waals surface area (Å²) in [6.07, 6.45) is 0. The van der Waals surface area contributed by atoms with Crippen molar-refractivity contribution in [1.82, 2.24) is 25.1 Å². The molecule has 9 heteroatoms. The van der Waals surface area contributed by atoms with E-state index in [1.165, 1.54) is 16.9 Å². The summed E-state index contributed by atoms with van der Waals surface area (Å²) in [5, 5.41) is 12.1. The van der Waals surface area contributed by atoms with Crippen molar-refractivity contribution in [1.29, 1.82) is 0 Å². The maximum absolute atomic E-state index is 13.0. The summed E-state index contributed by atoms with van der Waals surface area (Å²) in [6.45, 7) is 2.79. The normalized spacial score (nSPS) is 14.1. The highest BCUT2D eigenvalue weighted by atomic mass is 19.1. The van der Waals surface area contributed by atoms with Crippen LogP contribution in [0.2, 0.25) is 0 Å². The molecule has 29 heavy (non-hydrogen) atoms. The number of piperazine rings is 1. The smallest absolute Gasteiger partial charge is 0.246 e. The standard InChI is InChI=1S/C20H21FN6O2/c1-29-18-8-6-17(7-9-18)25-10-12-26(13-11-25)19(28)14-27-23-20(22-24-27)15-2-4-16(21)5-3-15/h2-9H,10-14H2,1H3. The van der Waals surface area contributed by atoms with Gasteiger partial charge in [-0.3, -0.25) is 4.79 Å². The van der Waals surface area contributed by atoms with Crippen LogP contribution >= 0.6 is 0 Å². The lowest BCUT2D eigenvalue weighted by atomic mass is 10.2. The first-order valence-corrected chi connectivity index (χ1v) is 9.33. The minimum absolute atomic E-state index is 0.0245. The summed E-state index contributed by atoms with van der Waals surface area (Å²) in [5.41, 5.74) is 1.76. The van der Waals surface area contributed by atoms with Crippen LogP contribution in [0.5, 0.6) is 5.75 Å². The molecular weight excluding hydrogens is 375 g/mol. The molecule has 1 aromatic heterocycles. The average molecular weight is 396 g/mol. The number of amides is 1. The largest absolute Gasteiger partial charge is 0.497 e. The maximum atomic E-state index is 13.0. The average Bonchev–Trinajstić information content (AvgIpc) is 3.23. The number of rotatable bonds is 5. The number of halogens is 1. The summed E-state index contributed by atoms with van der Waals surface area (Å²) in [7, 11) is 1.64. The number of benzene rings is 2. The minimum atomic E-state index is -0.329. The van der Waals surface area contributed by atoms with Crippen molar-refractivity contribution in [2.75, 3.05) is 38.2 Å². The molecule has 0 spiro atoms. The molecular formula is C20H21FN6O2. The first-order valence-electron chi connectivity index (χ1n) is 9.33. The summed E-state index contributed by atoms with van der Waals surface area (Å²) < 4.78 is 18.2. The van der Waals surface area contributed by atoms with E-state index in [9.17, 15) is 9.18 Å². The number of tetrazole rings is 1. The van der Waals surface area contributed by atoms with Gasteiger partial charge >= 0.3 is 0 Å². The molecule has 0 bridgehead atoms. The highest BCUT2D eigenvalue weighted by Crippen LogP contribution is 2.20. The van der Waals surface area contributed by atoms with E-state index in [-0.39, 0.29) is 18.3 Å². The lowest BCUT2D eigenvalue weighted by molar-refractivity contribution is -0.132. The lowest BCUT2D eigenvalue weighted by Crippen LogP contribution is -2.49. The number of anilines is 1. The Morgan fingerprint density at radius 3 is 2.38 bits per heavy atom. The molecule has 1 fully saturated rings. The Labute approximate surface area is 167 Å². The van der Waals surface area contributed by atoms with Gasteiger partial charge in [0.25, 0.3) is 0 Å². The zero-order valence-corrected chi connectivity index (χ0v) is 16.0. The molecule has 3 aromatic rings. The van der Waals surface area contributed by atoms with Crippen LogP contribution < -0.4 is 9.64 Å². The van der Waals surface area contributed by atoms with Gasteiger partial charge in [0.1, 0.15) is 18.1 Å². The molecule has 0 saturated carbocycles. The van der Waals surface area contributed by atoms with Crippen molar-refractivity contribution in [3.8, 4) is 17.1 Å². The van der Waals surface area contributed by atoms with Gasteiger partial charge in [0.2, 0.25) is 11.7 Å². The van der Waals surface area contributed by atoms with Gasteiger partial charge in [-0.25, -0.2) is 4.39 Å². The van der Waals surface area contributed by atoms with E-state index in [4.69, 9.17) is 4.74 Å². The number of carbonyl (C=O) groups is 1. The van der Waals surface area contributed by atoms with E-state index in [1.54, 1.807) is 24.1 Å². The van der Waals surface area contributed by atoms with E-state index in [2.05, 4.69) is 20.3 Å². The Morgan fingerprint density at radius 2 is 1.72 bits per heavy atom. The number of carbonyl (C=O) groups excluding carboxylic acids is 1. The van der Waals surface area contributed by atoms with Crippen LogP contribution in [0.1, 0.15) is 0 Å². The fourth-order valence-electron chi connectivity index (χ4n) is 3.25. The van der Waals surface area contributed by atoms with Crippen LogP contribution in [-0.4, -0.2) is 64.3 Å². The number of aromatic nitrogens is 4.